The molecular formula is C20H23F4N3O3. The Balaban J connectivity index is 1.34. The van der Waals surface area contributed by atoms with Crippen molar-refractivity contribution in [3.8, 4) is 0 Å². The van der Waals surface area contributed by atoms with E-state index in [-0.39, 0.29) is 42.2 Å². The van der Waals surface area contributed by atoms with Crippen LogP contribution in [-0.2, 0) is 15.7 Å². The standard InChI is InChI=1S/C20H23F4N3O3/c21-15-9-13(20(22,23)24)1-2-14(15)12-3-6-26(7-4-12)19(29)27-8-5-17-16(10-27)25-18(28)11-30-17/h1-2,9,12,16-17H,3-8,10-11H2,(H,25,28)/t16-,17?/m1/s1. The van der Waals surface area contributed by atoms with Crippen LogP contribution >= 0.6 is 0 Å². The smallest absolute Gasteiger partial charge is 0.366 e. The van der Waals surface area contributed by atoms with Crippen LogP contribution in [0.1, 0.15) is 36.3 Å². The Morgan fingerprint density at radius 2 is 1.80 bits per heavy atom. The predicted molar refractivity (Wildman–Crippen MR) is 98.2 cm³/mol. The van der Waals surface area contributed by atoms with Crippen LogP contribution in [0.3, 0.4) is 0 Å². The highest BCUT2D eigenvalue weighted by Crippen LogP contribution is 2.35. The van der Waals surface area contributed by atoms with Crippen molar-refractivity contribution in [2.45, 2.75) is 43.5 Å². The summed E-state index contributed by atoms with van der Waals surface area (Å²) in [6, 6.07) is 2.29. The highest BCUT2D eigenvalue weighted by Gasteiger charge is 2.38. The van der Waals surface area contributed by atoms with Gasteiger partial charge in [-0.2, -0.15) is 13.2 Å². The molecule has 1 aromatic rings. The first-order valence-electron chi connectivity index (χ1n) is 10.0. The molecule has 3 heterocycles. The number of piperidine rings is 2. The first kappa shape index (κ1) is 20.9. The number of likely N-dealkylation sites (tertiary alicyclic amines) is 2. The second-order valence-corrected chi connectivity index (χ2v) is 8.04. The number of ether oxygens (including phenoxy) is 1. The number of halogens is 4. The summed E-state index contributed by atoms with van der Waals surface area (Å²) in [6.07, 6.45) is -3.06. The Hall–Kier alpha value is -2.36. The van der Waals surface area contributed by atoms with E-state index in [1.165, 1.54) is 6.07 Å². The van der Waals surface area contributed by atoms with Crippen molar-refractivity contribution < 1.29 is 31.9 Å². The van der Waals surface area contributed by atoms with Gasteiger partial charge in [-0.05, 0) is 42.9 Å². The van der Waals surface area contributed by atoms with E-state index in [0.29, 0.717) is 51.5 Å². The maximum Gasteiger partial charge on any atom is 0.416 e. The zero-order valence-electron chi connectivity index (χ0n) is 16.3. The van der Waals surface area contributed by atoms with Gasteiger partial charge in [-0.1, -0.05) is 6.07 Å². The number of carbonyl (C=O) groups excluding carboxylic acids is 2. The minimum atomic E-state index is -4.58. The molecule has 3 saturated heterocycles. The number of alkyl halides is 3. The van der Waals surface area contributed by atoms with Crippen molar-refractivity contribution in [3.05, 3.63) is 35.1 Å². The zero-order valence-corrected chi connectivity index (χ0v) is 16.3. The average Bonchev–Trinajstić information content (AvgIpc) is 2.72. The number of fused-ring (bicyclic) bond motifs is 1. The van der Waals surface area contributed by atoms with Crippen LogP contribution in [0.5, 0.6) is 0 Å². The summed E-state index contributed by atoms with van der Waals surface area (Å²) in [6.45, 7) is 1.75. The number of benzene rings is 1. The lowest BCUT2D eigenvalue weighted by Crippen LogP contribution is -2.62. The summed E-state index contributed by atoms with van der Waals surface area (Å²) in [5.41, 5.74) is -0.739. The largest absolute Gasteiger partial charge is 0.416 e. The molecule has 4 rings (SSSR count). The Bertz CT molecular complexity index is 824. The molecule has 3 amide bonds. The minimum Gasteiger partial charge on any atom is -0.366 e. The van der Waals surface area contributed by atoms with E-state index in [2.05, 4.69) is 5.32 Å². The van der Waals surface area contributed by atoms with Gasteiger partial charge in [0.1, 0.15) is 12.4 Å². The lowest BCUT2D eigenvalue weighted by molar-refractivity contribution is -0.140. The van der Waals surface area contributed by atoms with Gasteiger partial charge >= 0.3 is 12.2 Å². The molecule has 3 aliphatic heterocycles. The number of morpholine rings is 1. The maximum absolute atomic E-state index is 14.3. The van der Waals surface area contributed by atoms with Crippen molar-refractivity contribution in [2.24, 2.45) is 0 Å². The summed E-state index contributed by atoms with van der Waals surface area (Å²) in [5, 5.41) is 2.86. The molecule has 0 spiro atoms. The fourth-order valence-corrected chi connectivity index (χ4v) is 4.49. The van der Waals surface area contributed by atoms with Gasteiger partial charge in [-0.25, -0.2) is 9.18 Å². The fourth-order valence-electron chi connectivity index (χ4n) is 4.49. The first-order chi connectivity index (χ1) is 14.2. The molecule has 10 heteroatoms. The molecule has 0 saturated carbocycles. The third-order valence-corrected chi connectivity index (χ3v) is 6.13. The predicted octanol–water partition coefficient (Wildman–Crippen LogP) is 2.73. The van der Waals surface area contributed by atoms with Gasteiger partial charge in [0.2, 0.25) is 5.91 Å². The molecule has 3 fully saturated rings. The molecule has 2 atom stereocenters. The van der Waals surface area contributed by atoms with Gasteiger partial charge in [0.05, 0.1) is 17.7 Å². The van der Waals surface area contributed by atoms with Gasteiger partial charge < -0.3 is 19.9 Å². The van der Waals surface area contributed by atoms with E-state index in [4.69, 9.17) is 4.74 Å². The molecular weight excluding hydrogens is 406 g/mol. The van der Waals surface area contributed by atoms with Crippen molar-refractivity contribution >= 4 is 11.9 Å². The van der Waals surface area contributed by atoms with Crippen molar-refractivity contribution in [2.75, 3.05) is 32.8 Å². The lowest BCUT2D eigenvalue weighted by Gasteiger charge is -2.43. The molecule has 30 heavy (non-hydrogen) atoms. The lowest BCUT2D eigenvalue weighted by atomic mass is 9.88. The maximum atomic E-state index is 14.3. The van der Waals surface area contributed by atoms with E-state index in [9.17, 15) is 27.2 Å². The number of nitrogens with one attached hydrogen (secondary N) is 1. The van der Waals surface area contributed by atoms with Gasteiger partial charge in [0.15, 0.2) is 0 Å². The first-order valence-corrected chi connectivity index (χ1v) is 10.0. The second kappa shape index (κ2) is 8.05. The molecule has 0 radical (unpaired) electrons. The zero-order chi connectivity index (χ0) is 21.5. The van der Waals surface area contributed by atoms with Crippen LogP contribution < -0.4 is 5.32 Å². The second-order valence-electron chi connectivity index (χ2n) is 8.04. The third kappa shape index (κ3) is 4.23. The number of carbonyl (C=O) groups is 2. The number of urea groups is 1. The van der Waals surface area contributed by atoms with Crippen molar-refractivity contribution in [1.82, 2.24) is 15.1 Å². The number of amides is 3. The molecule has 0 bridgehead atoms. The van der Waals surface area contributed by atoms with Crippen LogP contribution in [0, 0.1) is 5.82 Å². The quantitative estimate of drug-likeness (QED) is 0.699. The highest BCUT2D eigenvalue weighted by molar-refractivity contribution is 5.79. The van der Waals surface area contributed by atoms with Crippen LogP contribution in [0.15, 0.2) is 18.2 Å². The van der Waals surface area contributed by atoms with Crippen LogP contribution in [0.25, 0.3) is 0 Å². The fraction of sp³-hybridized carbons (Fsp3) is 0.600. The topological polar surface area (TPSA) is 61.9 Å². The number of hydrogen-bond acceptors (Lipinski definition) is 3. The molecule has 1 N–H and O–H groups in total. The van der Waals surface area contributed by atoms with Crippen molar-refractivity contribution in [1.29, 1.82) is 0 Å². The molecule has 164 valence electrons. The Morgan fingerprint density at radius 1 is 1.10 bits per heavy atom. The molecule has 0 aromatic heterocycles. The Kier molecular flexibility index (Phi) is 5.61. The number of nitrogens with zero attached hydrogens (tertiary/aromatic N) is 2. The van der Waals surface area contributed by atoms with Crippen molar-refractivity contribution in [3.63, 3.8) is 0 Å². The van der Waals surface area contributed by atoms with Gasteiger partial charge in [0.25, 0.3) is 0 Å². The van der Waals surface area contributed by atoms with E-state index >= 15 is 0 Å². The molecule has 1 unspecified atom stereocenters. The van der Waals surface area contributed by atoms with Gasteiger partial charge in [0, 0.05) is 26.2 Å². The van der Waals surface area contributed by atoms with E-state index in [1.54, 1.807) is 9.80 Å². The monoisotopic (exact) mass is 429 g/mol. The van der Waals surface area contributed by atoms with Crippen LogP contribution in [0.4, 0.5) is 22.4 Å². The number of rotatable bonds is 1. The molecule has 0 aliphatic carbocycles. The van der Waals surface area contributed by atoms with Gasteiger partial charge in [-0.3, -0.25) is 4.79 Å². The average molecular weight is 429 g/mol. The van der Waals surface area contributed by atoms with E-state index in [0.717, 1.165) is 6.07 Å². The normalized spacial score (nSPS) is 25.7. The molecule has 6 nitrogen and oxygen atoms in total. The summed E-state index contributed by atoms with van der Waals surface area (Å²) < 4.78 is 58.0. The minimum absolute atomic E-state index is 0.0448. The Labute approximate surface area is 171 Å². The van der Waals surface area contributed by atoms with E-state index < -0.39 is 17.6 Å². The van der Waals surface area contributed by atoms with E-state index in [1.807, 2.05) is 0 Å². The summed E-state index contributed by atoms with van der Waals surface area (Å²) in [4.78, 5) is 27.8. The summed E-state index contributed by atoms with van der Waals surface area (Å²) in [5.74, 6) is -1.28. The molecule has 1 aromatic carbocycles. The highest BCUT2D eigenvalue weighted by atomic mass is 19.4. The summed E-state index contributed by atoms with van der Waals surface area (Å²) >= 11 is 0. The summed E-state index contributed by atoms with van der Waals surface area (Å²) in [7, 11) is 0. The van der Waals surface area contributed by atoms with Gasteiger partial charge in [-0.15, -0.1) is 0 Å². The SMILES string of the molecule is O=C1COC2CCN(C(=O)N3CCC(c4ccc(C(F)(F)F)cc4F)CC3)C[C@H]2N1. The molecule has 3 aliphatic rings. The Morgan fingerprint density at radius 3 is 2.47 bits per heavy atom. The van der Waals surface area contributed by atoms with Crippen LogP contribution in [0.2, 0.25) is 0 Å². The third-order valence-electron chi connectivity index (χ3n) is 6.13. The van der Waals surface area contributed by atoms with Crippen LogP contribution in [-0.4, -0.2) is 66.7 Å². The number of hydrogen-bond donors (Lipinski definition) is 1.